The summed E-state index contributed by atoms with van der Waals surface area (Å²) in [6.45, 7) is 4.42. The van der Waals surface area contributed by atoms with Gasteiger partial charge >= 0.3 is 5.97 Å². The van der Waals surface area contributed by atoms with Crippen LogP contribution < -0.4 is 0 Å². The molecule has 132 valence electrons. The van der Waals surface area contributed by atoms with E-state index >= 15 is 0 Å². The molecule has 6 heteroatoms. The van der Waals surface area contributed by atoms with Crippen LogP contribution in [0.15, 0.2) is 24.3 Å². The van der Waals surface area contributed by atoms with Crippen LogP contribution in [0.2, 0.25) is 5.02 Å². The number of likely N-dealkylation sites (N-methyl/N-ethyl adjacent to an activating group) is 1. The summed E-state index contributed by atoms with van der Waals surface area (Å²) in [4.78, 5) is 28.0. The van der Waals surface area contributed by atoms with Crippen LogP contribution >= 0.6 is 11.6 Å². The van der Waals surface area contributed by atoms with E-state index in [9.17, 15) is 9.59 Å². The second kappa shape index (κ2) is 9.04. The van der Waals surface area contributed by atoms with Crippen LogP contribution in [0.1, 0.15) is 25.3 Å². The van der Waals surface area contributed by atoms with Crippen molar-refractivity contribution in [1.82, 2.24) is 9.80 Å². The Morgan fingerprint density at radius 2 is 1.96 bits per heavy atom. The van der Waals surface area contributed by atoms with Crippen molar-refractivity contribution in [1.29, 1.82) is 0 Å². The number of carbonyl (C=O) groups is 2. The average molecular weight is 353 g/mol. The monoisotopic (exact) mass is 352 g/mol. The third kappa shape index (κ3) is 5.21. The van der Waals surface area contributed by atoms with Crippen molar-refractivity contribution < 1.29 is 14.3 Å². The summed E-state index contributed by atoms with van der Waals surface area (Å²) in [5.74, 6) is -0.123. The summed E-state index contributed by atoms with van der Waals surface area (Å²) in [6, 6.07) is 7.66. The van der Waals surface area contributed by atoms with Crippen LogP contribution in [0.25, 0.3) is 0 Å². The molecule has 1 aliphatic heterocycles. The predicted octanol–water partition coefficient (Wildman–Crippen LogP) is 2.57. The fraction of sp³-hybridized carbons (Fsp3) is 0.556. The van der Waals surface area contributed by atoms with Gasteiger partial charge in [-0.05, 0) is 38.4 Å². The van der Waals surface area contributed by atoms with Crippen LogP contribution in [0, 0.1) is 5.92 Å². The first-order chi connectivity index (χ1) is 11.5. The minimum Gasteiger partial charge on any atom is -0.466 e. The van der Waals surface area contributed by atoms with Crippen molar-refractivity contribution in [3.05, 3.63) is 34.9 Å². The number of carbonyl (C=O) groups excluding carboxylic acids is 2. The molecule has 0 radical (unpaired) electrons. The van der Waals surface area contributed by atoms with Crippen LogP contribution in [0.5, 0.6) is 0 Å². The van der Waals surface area contributed by atoms with Crippen molar-refractivity contribution in [2.45, 2.75) is 26.3 Å². The normalized spacial score (nSPS) is 15.6. The Morgan fingerprint density at radius 1 is 1.29 bits per heavy atom. The SMILES string of the molecule is CCOC(=O)C1CCN(C(=O)CN(C)Cc2ccccc2Cl)CC1. The van der Waals surface area contributed by atoms with E-state index in [4.69, 9.17) is 16.3 Å². The second-order valence-corrected chi connectivity index (χ2v) is 6.58. The Hall–Kier alpha value is -1.59. The van der Waals surface area contributed by atoms with Crippen molar-refractivity contribution >= 4 is 23.5 Å². The van der Waals surface area contributed by atoms with E-state index in [2.05, 4.69) is 0 Å². The maximum atomic E-state index is 12.4. The molecule has 1 aromatic rings. The number of ether oxygens (including phenoxy) is 1. The Bertz CT molecular complexity index is 571. The van der Waals surface area contributed by atoms with Crippen molar-refractivity contribution in [2.24, 2.45) is 5.92 Å². The third-order valence-electron chi connectivity index (χ3n) is 4.27. The fourth-order valence-corrected chi connectivity index (χ4v) is 3.12. The standard InChI is InChI=1S/C18H25ClN2O3/c1-3-24-18(23)14-8-10-21(11-9-14)17(22)13-20(2)12-15-6-4-5-7-16(15)19/h4-7,14H,3,8-13H2,1-2H3. The molecule has 0 spiro atoms. The molecule has 0 unspecified atom stereocenters. The molecule has 1 aromatic carbocycles. The van der Waals surface area contributed by atoms with Crippen LogP contribution in [-0.2, 0) is 20.9 Å². The van der Waals surface area contributed by atoms with Gasteiger partial charge in [-0.15, -0.1) is 0 Å². The van der Waals surface area contributed by atoms with Crippen molar-refractivity contribution in [3.63, 3.8) is 0 Å². The smallest absolute Gasteiger partial charge is 0.309 e. The molecule has 5 nitrogen and oxygen atoms in total. The van der Waals surface area contributed by atoms with Gasteiger partial charge in [-0.3, -0.25) is 14.5 Å². The minimum absolute atomic E-state index is 0.0742. The Labute approximate surface area is 148 Å². The molecule has 1 heterocycles. The molecule has 0 bridgehead atoms. The van der Waals surface area contributed by atoms with E-state index in [-0.39, 0.29) is 17.8 Å². The van der Waals surface area contributed by atoms with Gasteiger partial charge < -0.3 is 9.64 Å². The number of benzene rings is 1. The van der Waals surface area contributed by atoms with E-state index in [1.165, 1.54) is 0 Å². The van der Waals surface area contributed by atoms with Gasteiger partial charge in [-0.25, -0.2) is 0 Å². The Morgan fingerprint density at radius 3 is 2.58 bits per heavy atom. The zero-order valence-electron chi connectivity index (χ0n) is 14.3. The molecule has 0 aliphatic carbocycles. The number of nitrogens with zero attached hydrogens (tertiary/aromatic N) is 2. The molecular weight excluding hydrogens is 328 g/mol. The molecule has 0 aromatic heterocycles. The van der Waals surface area contributed by atoms with Gasteiger partial charge in [-0.2, -0.15) is 0 Å². The highest BCUT2D eigenvalue weighted by Crippen LogP contribution is 2.20. The fourth-order valence-electron chi connectivity index (χ4n) is 2.93. The lowest BCUT2D eigenvalue weighted by Gasteiger charge is -2.32. The number of piperidine rings is 1. The molecule has 1 saturated heterocycles. The van der Waals surface area contributed by atoms with E-state index in [0.29, 0.717) is 50.7 Å². The summed E-state index contributed by atoms with van der Waals surface area (Å²) >= 11 is 6.16. The molecule has 24 heavy (non-hydrogen) atoms. The molecule has 1 amide bonds. The summed E-state index contributed by atoms with van der Waals surface area (Å²) in [5.41, 5.74) is 1.01. The zero-order valence-corrected chi connectivity index (χ0v) is 15.1. The van der Waals surface area contributed by atoms with Crippen molar-refractivity contribution in [2.75, 3.05) is 33.3 Å². The van der Waals surface area contributed by atoms with Gasteiger partial charge in [0, 0.05) is 24.7 Å². The van der Waals surface area contributed by atoms with Gasteiger partial charge in [0.15, 0.2) is 0 Å². The van der Waals surface area contributed by atoms with Crippen LogP contribution in [0.3, 0.4) is 0 Å². The third-order valence-corrected chi connectivity index (χ3v) is 4.64. The lowest BCUT2D eigenvalue weighted by atomic mass is 9.97. The number of rotatable bonds is 6. The molecule has 0 saturated carbocycles. The van der Waals surface area contributed by atoms with Crippen LogP contribution in [-0.4, -0.2) is 55.0 Å². The van der Waals surface area contributed by atoms with E-state index < -0.39 is 0 Å². The molecule has 1 aliphatic rings. The lowest BCUT2D eigenvalue weighted by Crippen LogP contribution is -2.44. The highest BCUT2D eigenvalue weighted by Gasteiger charge is 2.28. The van der Waals surface area contributed by atoms with Gasteiger partial charge in [-0.1, -0.05) is 29.8 Å². The number of hydrogen-bond acceptors (Lipinski definition) is 4. The molecule has 2 rings (SSSR count). The molecule has 0 atom stereocenters. The summed E-state index contributed by atoms with van der Waals surface area (Å²) in [7, 11) is 1.91. The highest BCUT2D eigenvalue weighted by atomic mass is 35.5. The largest absolute Gasteiger partial charge is 0.466 e. The molecule has 0 N–H and O–H groups in total. The van der Waals surface area contributed by atoms with Gasteiger partial charge in [0.05, 0.1) is 19.1 Å². The minimum atomic E-state index is -0.138. The molecular formula is C18H25ClN2O3. The predicted molar refractivity (Wildman–Crippen MR) is 93.7 cm³/mol. The summed E-state index contributed by atoms with van der Waals surface area (Å²) < 4.78 is 5.06. The maximum absolute atomic E-state index is 12.4. The lowest BCUT2D eigenvalue weighted by molar-refractivity contribution is -0.151. The quantitative estimate of drug-likeness (QED) is 0.738. The van der Waals surface area contributed by atoms with Crippen LogP contribution in [0.4, 0.5) is 0 Å². The number of hydrogen-bond donors (Lipinski definition) is 0. The van der Waals surface area contributed by atoms with E-state index in [0.717, 1.165) is 5.56 Å². The Balaban J connectivity index is 1.79. The Kier molecular flexibility index (Phi) is 7.06. The average Bonchev–Trinajstić information content (AvgIpc) is 2.57. The number of esters is 1. The number of likely N-dealkylation sites (tertiary alicyclic amines) is 1. The van der Waals surface area contributed by atoms with Gasteiger partial charge in [0.2, 0.25) is 5.91 Å². The molecule has 1 fully saturated rings. The number of halogens is 1. The first-order valence-electron chi connectivity index (χ1n) is 8.37. The zero-order chi connectivity index (χ0) is 17.5. The first kappa shape index (κ1) is 18.7. The first-order valence-corrected chi connectivity index (χ1v) is 8.75. The van der Waals surface area contributed by atoms with E-state index in [1.807, 2.05) is 48.0 Å². The van der Waals surface area contributed by atoms with E-state index in [1.54, 1.807) is 0 Å². The summed E-state index contributed by atoms with van der Waals surface area (Å²) in [5, 5.41) is 0.715. The topological polar surface area (TPSA) is 49.9 Å². The summed E-state index contributed by atoms with van der Waals surface area (Å²) in [6.07, 6.45) is 1.36. The number of amides is 1. The van der Waals surface area contributed by atoms with Crippen molar-refractivity contribution in [3.8, 4) is 0 Å². The second-order valence-electron chi connectivity index (χ2n) is 6.17. The maximum Gasteiger partial charge on any atom is 0.309 e. The highest BCUT2D eigenvalue weighted by molar-refractivity contribution is 6.31. The van der Waals surface area contributed by atoms with Gasteiger partial charge in [0.1, 0.15) is 0 Å². The van der Waals surface area contributed by atoms with Gasteiger partial charge in [0.25, 0.3) is 0 Å².